The molecule has 0 aliphatic carbocycles. The summed E-state index contributed by atoms with van der Waals surface area (Å²) in [5.41, 5.74) is 6.75. The summed E-state index contributed by atoms with van der Waals surface area (Å²) < 4.78 is 8.17. The van der Waals surface area contributed by atoms with E-state index in [0.29, 0.717) is 6.54 Å². The number of rotatable bonds is 9. The average Bonchev–Trinajstić information content (AvgIpc) is 3.36. The molecule has 5 aromatic rings. The number of likely N-dealkylation sites (N-methyl/N-ethyl adjacent to an activating group) is 1. The lowest BCUT2D eigenvalue weighted by atomic mass is 10.1. The number of nitrogens with zero attached hydrogens (tertiary/aromatic N) is 3. The van der Waals surface area contributed by atoms with E-state index in [1.807, 2.05) is 37.4 Å². The van der Waals surface area contributed by atoms with Gasteiger partial charge in [-0.25, -0.2) is 0 Å². The van der Waals surface area contributed by atoms with Crippen LogP contribution in [0.1, 0.15) is 22.5 Å². The van der Waals surface area contributed by atoms with E-state index in [9.17, 15) is 5.11 Å². The minimum absolute atomic E-state index is 0.230. The minimum Gasteiger partial charge on any atom is -0.490 e. The molecule has 0 saturated carbocycles. The second-order valence-corrected chi connectivity index (χ2v) is 9.30. The van der Waals surface area contributed by atoms with E-state index < -0.39 is 6.10 Å². The van der Waals surface area contributed by atoms with Gasteiger partial charge in [0.05, 0.1) is 17.8 Å². The van der Waals surface area contributed by atoms with Gasteiger partial charge in [-0.15, -0.1) is 0 Å². The average molecular weight is 469 g/mol. The topological polar surface area (TPSA) is 66.3 Å². The van der Waals surface area contributed by atoms with Crippen molar-refractivity contribution in [3.63, 3.8) is 0 Å². The van der Waals surface area contributed by atoms with Crippen LogP contribution >= 0.6 is 0 Å². The van der Waals surface area contributed by atoms with E-state index in [2.05, 4.69) is 70.9 Å². The largest absolute Gasteiger partial charge is 0.490 e. The maximum atomic E-state index is 10.7. The van der Waals surface area contributed by atoms with Gasteiger partial charge in [0.2, 0.25) is 0 Å². The molecular weight excluding hydrogens is 436 g/mol. The van der Waals surface area contributed by atoms with E-state index in [0.717, 1.165) is 52.0 Å². The van der Waals surface area contributed by atoms with Crippen molar-refractivity contribution in [1.82, 2.24) is 19.7 Å². The zero-order valence-corrected chi connectivity index (χ0v) is 20.5. The van der Waals surface area contributed by atoms with Crippen molar-refractivity contribution in [1.29, 1.82) is 0 Å². The molecule has 0 amide bonds. The smallest absolute Gasteiger partial charge is 0.129 e. The highest BCUT2D eigenvalue weighted by Gasteiger charge is 2.17. The van der Waals surface area contributed by atoms with Gasteiger partial charge in [-0.1, -0.05) is 54.6 Å². The summed E-state index contributed by atoms with van der Waals surface area (Å²) in [7, 11) is 2.02. The fourth-order valence-electron chi connectivity index (χ4n) is 4.79. The fourth-order valence-corrected chi connectivity index (χ4v) is 4.79. The Hall–Kier alpha value is -3.61. The molecule has 2 aromatic heterocycles. The van der Waals surface area contributed by atoms with E-state index in [4.69, 9.17) is 9.84 Å². The predicted octanol–water partition coefficient (Wildman–Crippen LogP) is 5.05. The van der Waals surface area contributed by atoms with Gasteiger partial charge in [0, 0.05) is 40.6 Å². The Labute approximate surface area is 205 Å². The maximum absolute atomic E-state index is 10.7. The summed E-state index contributed by atoms with van der Waals surface area (Å²) in [5, 5.41) is 17.7. The number of aryl methyl sites for hydroxylation is 1. The third kappa shape index (κ3) is 4.94. The number of aliphatic hydroxyl groups is 1. The number of aromatic nitrogens is 3. The summed E-state index contributed by atoms with van der Waals surface area (Å²) in [6.45, 7) is 6.39. The van der Waals surface area contributed by atoms with Crippen molar-refractivity contribution in [3.8, 4) is 5.75 Å². The van der Waals surface area contributed by atoms with Gasteiger partial charge in [-0.05, 0) is 44.7 Å². The summed E-state index contributed by atoms with van der Waals surface area (Å²) in [5.74, 6) is 0.788. The van der Waals surface area contributed by atoms with E-state index in [1.54, 1.807) is 0 Å². The number of para-hydroxylation sites is 1. The Morgan fingerprint density at radius 1 is 0.971 bits per heavy atom. The number of fused-ring (bicyclic) bond motifs is 3. The lowest BCUT2D eigenvalue weighted by molar-refractivity contribution is 0.0749. The first-order chi connectivity index (χ1) is 17.0. The van der Waals surface area contributed by atoms with Crippen molar-refractivity contribution in [2.75, 3.05) is 20.2 Å². The molecule has 0 spiro atoms. The Kier molecular flexibility index (Phi) is 6.57. The normalized spacial score (nSPS) is 12.6. The third-order valence-electron chi connectivity index (χ3n) is 6.58. The van der Waals surface area contributed by atoms with Crippen LogP contribution in [0.5, 0.6) is 5.75 Å². The molecule has 0 aliphatic heterocycles. The first-order valence-corrected chi connectivity index (χ1v) is 12.0. The standard InChI is InChI=1S/C29H32N4O2/c1-20-25(21(2)33(31-20)16-22-10-5-4-6-11-22)18-32(3)17-23(34)19-35-28-15-9-14-27-29(28)24-12-7-8-13-26(24)30-27/h4-15,23,30,34H,16-19H2,1-3H3. The summed E-state index contributed by atoms with van der Waals surface area (Å²) in [6, 6.07) is 24.6. The molecule has 1 atom stereocenters. The van der Waals surface area contributed by atoms with Gasteiger partial charge in [0.25, 0.3) is 0 Å². The first-order valence-electron chi connectivity index (χ1n) is 12.0. The van der Waals surface area contributed by atoms with Crippen LogP contribution in [0.3, 0.4) is 0 Å². The molecule has 0 saturated heterocycles. The number of H-pyrrole nitrogens is 1. The van der Waals surface area contributed by atoms with Crippen LogP contribution in [0.15, 0.2) is 72.8 Å². The van der Waals surface area contributed by atoms with Crippen molar-refractivity contribution in [2.45, 2.75) is 33.0 Å². The highest BCUT2D eigenvalue weighted by molar-refractivity contribution is 6.10. The molecule has 3 aromatic carbocycles. The SMILES string of the molecule is Cc1nn(Cc2ccccc2)c(C)c1CN(C)CC(O)COc1cccc2[nH]c3ccccc3c12. The Morgan fingerprint density at radius 2 is 1.71 bits per heavy atom. The number of hydrogen-bond donors (Lipinski definition) is 2. The third-order valence-corrected chi connectivity index (χ3v) is 6.58. The molecule has 0 bridgehead atoms. The zero-order valence-electron chi connectivity index (χ0n) is 20.5. The van der Waals surface area contributed by atoms with E-state index in [1.165, 1.54) is 11.1 Å². The summed E-state index contributed by atoms with van der Waals surface area (Å²) in [6.07, 6.45) is -0.611. The summed E-state index contributed by atoms with van der Waals surface area (Å²) in [4.78, 5) is 5.56. The van der Waals surface area contributed by atoms with Gasteiger partial charge in [-0.2, -0.15) is 5.10 Å². The molecule has 2 heterocycles. The first kappa shape index (κ1) is 23.1. The fraction of sp³-hybridized carbons (Fsp3) is 0.276. The Morgan fingerprint density at radius 3 is 2.54 bits per heavy atom. The number of hydrogen-bond acceptors (Lipinski definition) is 4. The van der Waals surface area contributed by atoms with Crippen LogP contribution in [-0.2, 0) is 13.1 Å². The Bertz CT molecular complexity index is 1440. The zero-order chi connectivity index (χ0) is 24.4. The molecule has 6 heteroatoms. The van der Waals surface area contributed by atoms with Crippen LogP contribution in [0, 0.1) is 13.8 Å². The van der Waals surface area contributed by atoms with Crippen molar-refractivity contribution in [3.05, 3.63) is 95.3 Å². The van der Waals surface area contributed by atoms with Gasteiger partial charge in [0.15, 0.2) is 0 Å². The minimum atomic E-state index is -0.611. The number of aromatic amines is 1. The molecule has 0 radical (unpaired) electrons. The van der Waals surface area contributed by atoms with Gasteiger partial charge in [0.1, 0.15) is 18.5 Å². The Balaban J connectivity index is 1.22. The monoisotopic (exact) mass is 468 g/mol. The molecule has 1 unspecified atom stereocenters. The molecule has 0 aliphatic rings. The molecule has 0 fully saturated rings. The number of aliphatic hydroxyl groups excluding tert-OH is 1. The number of benzene rings is 3. The van der Waals surface area contributed by atoms with E-state index in [-0.39, 0.29) is 6.61 Å². The highest BCUT2D eigenvalue weighted by atomic mass is 16.5. The van der Waals surface area contributed by atoms with Gasteiger partial charge < -0.3 is 14.8 Å². The predicted molar refractivity (Wildman–Crippen MR) is 141 cm³/mol. The van der Waals surface area contributed by atoms with Crippen LogP contribution in [0.4, 0.5) is 0 Å². The van der Waals surface area contributed by atoms with Gasteiger partial charge >= 0.3 is 0 Å². The molecule has 5 rings (SSSR count). The van der Waals surface area contributed by atoms with Crippen molar-refractivity contribution in [2.24, 2.45) is 0 Å². The maximum Gasteiger partial charge on any atom is 0.129 e. The van der Waals surface area contributed by atoms with Crippen molar-refractivity contribution < 1.29 is 9.84 Å². The molecule has 6 nitrogen and oxygen atoms in total. The second kappa shape index (κ2) is 9.94. The van der Waals surface area contributed by atoms with E-state index >= 15 is 0 Å². The highest BCUT2D eigenvalue weighted by Crippen LogP contribution is 2.33. The van der Waals surface area contributed by atoms with Crippen LogP contribution in [0.25, 0.3) is 21.8 Å². The number of ether oxygens (including phenoxy) is 1. The van der Waals surface area contributed by atoms with Crippen LogP contribution < -0.4 is 4.74 Å². The van der Waals surface area contributed by atoms with Crippen LogP contribution in [0.2, 0.25) is 0 Å². The molecule has 35 heavy (non-hydrogen) atoms. The quantitative estimate of drug-likeness (QED) is 0.318. The molecular formula is C29H32N4O2. The lowest BCUT2D eigenvalue weighted by Gasteiger charge is -2.21. The second-order valence-electron chi connectivity index (χ2n) is 9.30. The van der Waals surface area contributed by atoms with Gasteiger partial charge in [-0.3, -0.25) is 9.58 Å². The summed E-state index contributed by atoms with van der Waals surface area (Å²) >= 11 is 0. The molecule has 2 N–H and O–H groups in total. The van der Waals surface area contributed by atoms with Crippen molar-refractivity contribution >= 4 is 21.8 Å². The number of nitrogens with one attached hydrogen (secondary N) is 1. The molecule has 180 valence electrons. The lowest BCUT2D eigenvalue weighted by Crippen LogP contribution is -2.33. The van der Waals surface area contributed by atoms with Crippen LogP contribution in [-0.4, -0.2) is 51.1 Å².